The Morgan fingerprint density at radius 2 is 2.33 bits per heavy atom. The van der Waals surface area contributed by atoms with E-state index in [1.807, 2.05) is 0 Å². The Balaban J connectivity index is 2.54. The third kappa shape index (κ3) is 3.98. The summed E-state index contributed by atoms with van der Waals surface area (Å²) in [6.07, 6.45) is 3.25. The van der Waals surface area contributed by atoms with Crippen molar-refractivity contribution in [3.05, 3.63) is 18.2 Å². The first-order chi connectivity index (χ1) is 7.05. The van der Waals surface area contributed by atoms with Crippen molar-refractivity contribution >= 4 is 10.0 Å². The smallest absolute Gasteiger partial charge is 0.213 e. The molecule has 6 nitrogen and oxygen atoms in total. The number of rotatable bonds is 6. The molecule has 0 amide bonds. The minimum absolute atomic E-state index is 0.0640. The molecule has 0 fully saturated rings. The maximum atomic E-state index is 11.5. The molecule has 1 aromatic rings. The molecule has 1 heterocycles. The van der Waals surface area contributed by atoms with Crippen molar-refractivity contribution in [3.8, 4) is 0 Å². The summed E-state index contributed by atoms with van der Waals surface area (Å²) < 4.78 is 25.5. The highest BCUT2D eigenvalue weighted by Gasteiger charge is 2.16. The molecule has 0 bridgehead atoms. The van der Waals surface area contributed by atoms with Gasteiger partial charge in [0.05, 0.1) is 11.8 Å². The Bertz CT molecular complexity index is 373. The van der Waals surface area contributed by atoms with E-state index in [1.165, 1.54) is 0 Å². The first-order valence-corrected chi connectivity index (χ1v) is 6.34. The normalized spacial score (nSPS) is 14.0. The molecule has 0 spiro atoms. The van der Waals surface area contributed by atoms with Gasteiger partial charge in [-0.15, -0.1) is 0 Å². The van der Waals surface area contributed by atoms with Crippen molar-refractivity contribution < 1.29 is 8.42 Å². The van der Waals surface area contributed by atoms with Crippen LogP contribution in [-0.2, 0) is 10.0 Å². The summed E-state index contributed by atoms with van der Waals surface area (Å²) in [5.41, 5.74) is 0. The zero-order chi connectivity index (χ0) is 11.3. The number of hydrogen-bond acceptors (Lipinski definition) is 4. The van der Waals surface area contributed by atoms with Crippen LogP contribution in [0.15, 0.2) is 12.4 Å². The fraction of sp³-hybridized carbons (Fsp3) is 0.625. The van der Waals surface area contributed by atoms with Gasteiger partial charge < -0.3 is 10.3 Å². The second kappa shape index (κ2) is 5.24. The van der Waals surface area contributed by atoms with Crippen molar-refractivity contribution in [2.45, 2.75) is 13.0 Å². The fourth-order valence-electron chi connectivity index (χ4n) is 1.13. The zero-order valence-corrected chi connectivity index (χ0v) is 9.63. The standard InChI is InChI=1S/C8H16N4O2S/c1-7(8-10-3-4-11-8)12-15(13,14)6-5-9-2/h3-4,7,9,12H,5-6H2,1-2H3,(H,10,11). The summed E-state index contributed by atoms with van der Waals surface area (Å²) in [7, 11) is -1.53. The van der Waals surface area contributed by atoms with E-state index in [0.717, 1.165) is 0 Å². The summed E-state index contributed by atoms with van der Waals surface area (Å²) in [5.74, 6) is 0.678. The topological polar surface area (TPSA) is 86.9 Å². The molecular formula is C8H16N4O2S. The minimum atomic E-state index is -3.24. The number of hydrogen-bond donors (Lipinski definition) is 3. The molecule has 0 aromatic carbocycles. The predicted octanol–water partition coefficient (Wildman–Crippen LogP) is -0.390. The Morgan fingerprint density at radius 1 is 1.60 bits per heavy atom. The third-order valence-electron chi connectivity index (χ3n) is 1.91. The fourth-order valence-corrected chi connectivity index (χ4v) is 2.38. The van der Waals surface area contributed by atoms with Gasteiger partial charge >= 0.3 is 0 Å². The lowest BCUT2D eigenvalue weighted by Gasteiger charge is -2.11. The SMILES string of the molecule is CNCCS(=O)(=O)NC(C)c1ncc[nH]1. The minimum Gasteiger partial charge on any atom is -0.347 e. The second-order valence-corrected chi connectivity index (χ2v) is 5.11. The Morgan fingerprint density at radius 3 is 2.87 bits per heavy atom. The lowest BCUT2D eigenvalue weighted by molar-refractivity contribution is 0.559. The van der Waals surface area contributed by atoms with Gasteiger partial charge in [0.25, 0.3) is 0 Å². The average molecular weight is 232 g/mol. The van der Waals surface area contributed by atoms with Crippen LogP contribution in [0.1, 0.15) is 18.8 Å². The van der Waals surface area contributed by atoms with Crippen molar-refractivity contribution in [1.29, 1.82) is 0 Å². The van der Waals surface area contributed by atoms with Crippen LogP contribution in [0.25, 0.3) is 0 Å². The molecule has 0 aliphatic heterocycles. The second-order valence-electron chi connectivity index (χ2n) is 3.24. The number of imidazole rings is 1. The van der Waals surface area contributed by atoms with Gasteiger partial charge in [0.2, 0.25) is 10.0 Å². The molecule has 1 unspecified atom stereocenters. The molecule has 0 aliphatic rings. The maximum absolute atomic E-state index is 11.5. The van der Waals surface area contributed by atoms with Gasteiger partial charge in [0.1, 0.15) is 5.82 Å². The van der Waals surface area contributed by atoms with Crippen LogP contribution in [0.4, 0.5) is 0 Å². The molecule has 0 aliphatic carbocycles. The van der Waals surface area contributed by atoms with Gasteiger partial charge in [-0.2, -0.15) is 0 Å². The monoisotopic (exact) mass is 232 g/mol. The summed E-state index contributed by atoms with van der Waals surface area (Å²) >= 11 is 0. The molecule has 1 rings (SSSR count). The molecule has 7 heteroatoms. The molecule has 1 aromatic heterocycles. The lowest BCUT2D eigenvalue weighted by atomic mass is 10.3. The van der Waals surface area contributed by atoms with E-state index < -0.39 is 10.0 Å². The van der Waals surface area contributed by atoms with Crippen molar-refractivity contribution in [1.82, 2.24) is 20.0 Å². The molecule has 15 heavy (non-hydrogen) atoms. The van der Waals surface area contributed by atoms with Crippen molar-refractivity contribution in [3.63, 3.8) is 0 Å². The van der Waals surface area contributed by atoms with Crippen molar-refractivity contribution in [2.24, 2.45) is 0 Å². The van der Waals surface area contributed by atoms with E-state index in [0.29, 0.717) is 12.4 Å². The van der Waals surface area contributed by atoms with Gasteiger partial charge in [0.15, 0.2) is 0 Å². The van der Waals surface area contributed by atoms with Crippen LogP contribution in [0.3, 0.4) is 0 Å². The summed E-state index contributed by atoms with van der Waals surface area (Å²) in [4.78, 5) is 6.84. The average Bonchev–Trinajstić information content (AvgIpc) is 2.67. The highest BCUT2D eigenvalue weighted by Crippen LogP contribution is 2.06. The Hall–Kier alpha value is -0.920. The molecule has 86 valence electrons. The van der Waals surface area contributed by atoms with Gasteiger partial charge in [-0.3, -0.25) is 0 Å². The van der Waals surface area contributed by atoms with Crippen LogP contribution < -0.4 is 10.0 Å². The number of sulfonamides is 1. The van der Waals surface area contributed by atoms with Gasteiger partial charge in [-0.05, 0) is 14.0 Å². The number of aromatic amines is 1. The Labute approximate surface area is 89.5 Å². The summed E-state index contributed by atoms with van der Waals surface area (Å²) in [6, 6.07) is -0.332. The number of aromatic nitrogens is 2. The van der Waals surface area contributed by atoms with E-state index in [-0.39, 0.29) is 11.8 Å². The largest absolute Gasteiger partial charge is 0.347 e. The highest BCUT2D eigenvalue weighted by atomic mass is 32.2. The molecular weight excluding hydrogens is 216 g/mol. The summed E-state index contributed by atoms with van der Waals surface area (Å²) in [6.45, 7) is 2.18. The highest BCUT2D eigenvalue weighted by molar-refractivity contribution is 7.89. The molecule has 1 atom stereocenters. The zero-order valence-electron chi connectivity index (χ0n) is 8.82. The van der Waals surface area contributed by atoms with E-state index in [2.05, 4.69) is 20.0 Å². The van der Waals surface area contributed by atoms with Crippen LogP contribution >= 0.6 is 0 Å². The summed E-state index contributed by atoms with van der Waals surface area (Å²) in [5, 5.41) is 2.79. The van der Waals surface area contributed by atoms with Crippen LogP contribution in [0, 0.1) is 0 Å². The van der Waals surface area contributed by atoms with E-state index >= 15 is 0 Å². The number of nitrogens with one attached hydrogen (secondary N) is 3. The first kappa shape index (κ1) is 12.2. The van der Waals surface area contributed by atoms with Crippen LogP contribution in [-0.4, -0.2) is 37.7 Å². The molecule has 3 N–H and O–H groups in total. The third-order valence-corrected chi connectivity index (χ3v) is 3.36. The van der Waals surface area contributed by atoms with Gasteiger partial charge in [0, 0.05) is 18.9 Å². The molecule has 0 saturated carbocycles. The lowest BCUT2D eigenvalue weighted by Crippen LogP contribution is -2.33. The van der Waals surface area contributed by atoms with Crippen LogP contribution in [0.2, 0.25) is 0 Å². The first-order valence-electron chi connectivity index (χ1n) is 4.69. The molecule has 0 radical (unpaired) electrons. The Kier molecular flexibility index (Phi) is 4.25. The van der Waals surface area contributed by atoms with Crippen molar-refractivity contribution in [2.75, 3.05) is 19.3 Å². The van der Waals surface area contributed by atoms with Gasteiger partial charge in [-0.25, -0.2) is 18.1 Å². The van der Waals surface area contributed by atoms with E-state index in [4.69, 9.17) is 0 Å². The van der Waals surface area contributed by atoms with Crippen LogP contribution in [0.5, 0.6) is 0 Å². The van der Waals surface area contributed by atoms with Gasteiger partial charge in [-0.1, -0.05) is 0 Å². The maximum Gasteiger partial charge on any atom is 0.213 e. The predicted molar refractivity (Wildman–Crippen MR) is 57.9 cm³/mol. The van der Waals surface area contributed by atoms with E-state index in [9.17, 15) is 8.42 Å². The number of H-pyrrole nitrogens is 1. The quantitative estimate of drug-likeness (QED) is 0.623. The number of nitrogens with zero attached hydrogens (tertiary/aromatic N) is 1. The molecule has 0 saturated heterocycles. The van der Waals surface area contributed by atoms with E-state index in [1.54, 1.807) is 26.4 Å².